The van der Waals surface area contributed by atoms with Gasteiger partial charge in [-0.2, -0.15) is 5.10 Å². The molecular weight excluding hydrogens is 372 g/mol. The normalized spacial score (nSPS) is 11.8. The minimum atomic E-state index is -0.126. The highest BCUT2D eigenvalue weighted by molar-refractivity contribution is 7.71. The minimum Gasteiger partial charge on any atom is -0.497 e. The molecule has 0 radical (unpaired) electrons. The first-order chi connectivity index (χ1) is 13.5. The standard InChI is InChI=1S/C21H24N4O2S/c1-4-15-5-7-16(8-6-15)14(2)22-19(26)13-25-20(23-24-21(25)28)17-9-11-18(27-3)12-10-17/h5-12,14H,4,13H2,1-3H3,(H,22,26)(H,24,28). The zero-order valence-electron chi connectivity index (χ0n) is 16.2. The van der Waals surface area contributed by atoms with Crippen LogP contribution in [-0.4, -0.2) is 27.8 Å². The summed E-state index contributed by atoms with van der Waals surface area (Å²) in [6.45, 7) is 4.18. The van der Waals surface area contributed by atoms with Crippen molar-refractivity contribution in [3.63, 3.8) is 0 Å². The van der Waals surface area contributed by atoms with E-state index in [1.807, 2.05) is 31.2 Å². The van der Waals surface area contributed by atoms with Crippen molar-refractivity contribution in [2.45, 2.75) is 32.9 Å². The molecule has 1 unspecified atom stereocenters. The molecule has 0 saturated heterocycles. The Hall–Kier alpha value is -2.93. The number of aryl methyl sites for hydroxylation is 1. The lowest BCUT2D eigenvalue weighted by Gasteiger charge is -2.15. The molecule has 1 amide bonds. The van der Waals surface area contributed by atoms with E-state index in [0.717, 1.165) is 23.3 Å². The molecule has 2 N–H and O–H groups in total. The fourth-order valence-corrected chi connectivity index (χ4v) is 3.18. The van der Waals surface area contributed by atoms with E-state index in [-0.39, 0.29) is 18.5 Å². The number of amides is 1. The summed E-state index contributed by atoms with van der Waals surface area (Å²) in [5.41, 5.74) is 3.19. The van der Waals surface area contributed by atoms with Gasteiger partial charge in [-0.25, -0.2) is 0 Å². The van der Waals surface area contributed by atoms with Crippen LogP contribution in [0.25, 0.3) is 11.4 Å². The van der Waals surface area contributed by atoms with Crippen LogP contribution < -0.4 is 10.1 Å². The number of benzene rings is 2. The first kappa shape index (κ1) is 19.8. The van der Waals surface area contributed by atoms with E-state index in [1.165, 1.54) is 5.56 Å². The van der Waals surface area contributed by atoms with Gasteiger partial charge in [-0.3, -0.25) is 14.5 Å². The number of carbonyl (C=O) groups excluding carboxylic acids is 1. The third-order valence-electron chi connectivity index (χ3n) is 4.67. The van der Waals surface area contributed by atoms with Crippen LogP contribution in [0.4, 0.5) is 0 Å². The molecule has 0 aliphatic rings. The van der Waals surface area contributed by atoms with Crippen LogP contribution in [0.3, 0.4) is 0 Å². The number of aromatic nitrogens is 3. The van der Waals surface area contributed by atoms with Crippen molar-refractivity contribution in [1.29, 1.82) is 0 Å². The predicted octanol–water partition coefficient (Wildman–Crippen LogP) is 4.06. The van der Waals surface area contributed by atoms with Gasteiger partial charge in [0, 0.05) is 5.56 Å². The lowest BCUT2D eigenvalue weighted by Crippen LogP contribution is -2.30. The fourth-order valence-electron chi connectivity index (χ4n) is 2.98. The average Bonchev–Trinajstić information content (AvgIpc) is 3.08. The van der Waals surface area contributed by atoms with Crippen molar-refractivity contribution in [1.82, 2.24) is 20.1 Å². The molecule has 0 spiro atoms. The van der Waals surface area contributed by atoms with Crippen molar-refractivity contribution in [3.05, 3.63) is 64.4 Å². The third-order valence-corrected chi connectivity index (χ3v) is 4.99. The fraction of sp³-hybridized carbons (Fsp3) is 0.286. The molecule has 0 bridgehead atoms. The maximum atomic E-state index is 12.6. The topological polar surface area (TPSA) is 71.9 Å². The summed E-state index contributed by atoms with van der Waals surface area (Å²) in [6, 6.07) is 15.7. The predicted molar refractivity (Wildman–Crippen MR) is 112 cm³/mol. The quantitative estimate of drug-likeness (QED) is 0.591. The van der Waals surface area contributed by atoms with Gasteiger partial charge >= 0.3 is 0 Å². The van der Waals surface area contributed by atoms with Gasteiger partial charge in [0.2, 0.25) is 5.91 Å². The molecule has 6 nitrogen and oxygen atoms in total. The molecule has 0 fully saturated rings. The molecule has 0 saturated carbocycles. The Bertz CT molecular complexity index is 990. The minimum absolute atomic E-state index is 0.0913. The number of hydrogen-bond donors (Lipinski definition) is 2. The molecule has 1 atom stereocenters. The molecule has 3 rings (SSSR count). The van der Waals surface area contributed by atoms with Crippen LogP contribution in [0.1, 0.15) is 31.0 Å². The Morgan fingerprint density at radius 1 is 1.21 bits per heavy atom. The molecular formula is C21H24N4O2S. The molecule has 7 heteroatoms. The Kier molecular flexibility index (Phi) is 6.26. The highest BCUT2D eigenvalue weighted by Gasteiger charge is 2.15. The van der Waals surface area contributed by atoms with Crippen molar-refractivity contribution in [2.75, 3.05) is 7.11 Å². The number of nitrogens with zero attached hydrogens (tertiary/aromatic N) is 2. The van der Waals surface area contributed by atoms with E-state index in [0.29, 0.717) is 10.6 Å². The van der Waals surface area contributed by atoms with E-state index < -0.39 is 0 Å². The third kappa shape index (κ3) is 4.48. The molecule has 0 aliphatic carbocycles. The number of carbonyl (C=O) groups is 1. The molecule has 146 valence electrons. The number of ether oxygens (including phenoxy) is 1. The molecule has 28 heavy (non-hydrogen) atoms. The first-order valence-electron chi connectivity index (χ1n) is 9.19. The van der Waals surface area contributed by atoms with E-state index in [2.05, 4.69) is 46.7 Å². The van der Waals surface area contributed by atoms with Gasteiger partial charge in [0.15, 0.2) is 10.6 Å². The second-order valence-corrected chi connectivity index (χ2v) is 6.94. The smallest absolute Gasteiger partial charge is 0.240 e. The highest BCUT2D eigenvalue weighted by Crippen LogP contribution is 2.21. The van der Waals surface area contributed by atoms with Gasteiger partial charge < -0.3 is 10.1 Å². The SMILES string of the molecule is CCc1ccc(C(C)NC(=O)Cn2c(-c3ccc(OC)cc3)n[nH]c2=S)cc1. The monoisotopic (exact) mass is 396 g/mol. The molecule has 1 aromatic heterocycles. The van der Waals surface area contributed by atoms with Crippen molar-refractivity contribution < 1.29 is 9.53 Å². The summed E-state index contributed by atoms with van der Waals surface area (Å²) in [5.74, 6) is 1.24. The van der Waals surface area contributed by atoms with Crippen LogP contribution in [0.15, 0.2) is 48.5 Å². The Labute approximate surface area is 169 Å². The average molecular weight is 397 g/mol. The summed E-state index contributed by atoms with van der Waals surface area (Å²) in [4.78, 5) is 12.6. The maximum Gasteiger partial charge on any atom is 0.240 e. The Morgan fingerprint density at radius 3 is 2.50 bits per heavy atom. The first-order valence-corrected chi connectivity index (χ1v) is 9.60. The summed E-state index contributed by atoms with van der Waals surface area (Å²) in [6.07, 6.45) is 0.994. The summed E-state index contributed by atoms with van der Waals surface area (Å²) < 4.78 is 7.28. The number of nitrogens with one attached hydrogen (secondary N) is 2. The summed E-state index contributed by atoms with van der Waals surface area (Å²) in [7, 11) is 1.62. The zero-order chi connectivity index (χ0) is 20.1. The van der Waals surface area contributed by atoms with E-state index in [1.54, 1.807) is 11.7 Å². The van der Waals surface area contributed by atoms with Gasteiger partial charge in [0.25, 0.3) is 0 Å². The largest absolute Gasteiger partial charge is 0.497 e. The summed E-state index contributed by atoms with van der Waals surface area (Å²) in [5, 5.41) is 10.1. The number of H-pyrrole nitrogens is 1. The van der Waals surface area contributed by atoms with Crippen LogP contribution in [0, 0.1) is 4.77 Å². The number of aromatic amines is 1. The van der Waals surface area contributed by atoms with Crippen LogP contribution in [0.5, 0.6) is 5.75 Å². The Morgan fingerprint density at radius 2 is 1.89 bits per heavy atom. The van der Waals surface area contributed by atoms with Gasteiger partial charge in [-0.1, -0.05) is 31.2 Å². The van der Waals surface area contributed by atoms with Gasteiger partial charge in [0.1, 0.15) is 12.3 Å². The highest BCUT2D eigenvalue weighted by atomic mass is 32.1. The summed E-state index contributed by atoms with van der Waals surface area (Å²) >= 11 is 5.31. The van der Waals surface area contributed by atoms with Crippen LogP contribution >= 0.6 is 12.2 Å². The molecule has 3 aromatic rings. The van der Waals surface area contributed by atoms with E-state index >= 15 is 0 Å². The number of methoxy groups -OCH3 is 1. The lowest BCUT2D eigenvalue weighted by atomic mass is 10.1. The van der Waals surface area contributed by atoms with Crippen molar-refractivity contribution in [3.8, 4) is 17.1 Å². The Balaban J connectivity index is 1.73. The number of hydrogen-bond acceptors (Lipinski definition) is 4. The van der Waals surface area contributed by atoms with E-state index in [9.17, 15) is 4.79 Å². The van der Waals surface area contributed by atoms with Crippen LogP contribution in [-0.2, 0) is 17.8 Å². The van der Waals surface area contributed by atoms with Crippen LogP contribution in [0.2, 0.25) is 0 Å². The van der Waals surface area contributed by atoms with Gasteiger partial charge in [0.05, 0.1) is 13.2 Å². The van der Waals surface area contributed by atoms with Gasteiger partial charge in [-0.15, -0.1) is 0 Å². The zero-order valence-corrected chi connectivity index (χ0v) is 17.0. The second kappa shape index (κ2) is 8.84. The van der Waals surface area contributed by atoms with E-state index in [4.69, 9.17) is 17.0 Å². The molecule has 2 aromatic carbocycles. The number of rotatable bonds is 7. The maximum absolute atomic E-state index is 12.6. The molecule has 0 aliphatic heterocycles. The van der Waals surface area contributed by atoms with Crippen molar-refractivity contribution >= 4 is 18.1 Å². The second-order valence-electron chi connectivity index (χ2n) is 6.55. The van der Waals surface area contributed by atoms with Gasteiger partial charge in [-0.05, 0) is 61.0 Å². The van der Waals surface area contributed by atoms with Crippen molar-refractivity contribution in [2.24, 2.45) is 0 Å². The molecule has 1 heterocycles. The lowest BCUT2D eigenvalue weighted by molar-refractivity contribution is -0.122.